The summed E-state index contributed by atoms with van der Waals surface area (Å²) in [6.45, 7) is 1.85. The first-order valence-electron chi connectivity index (χ1n) is 4.77. The molecule has 1 aliphatic rings. The van der Waals surface area contributed by atoms with Crippen LogP contribution in [0.15, 0.2) is 12.1 Å². The summed E-state index contributed by atoms with van der Waals surface area (Å²) < 4.78 is 39.4. The van der Waals surface area contributed by atoms with Gasteiger partial charge in [0.25, 0.3) is 0 Å². The highest BCUT2D eigenvalue weighted by Gasteiger charge is 2.22. The summed E-state index contributed by atoms with van der Waals surface area (Å²) in [5.74, 6) is -2.57. The molecule has 0 aliphatic carbocycles. The lowest BCUT2D eigenvalue weighted by molar-refractivity contribution is 0.397. The minimum Gasteiger partial charge on any atom is -0.314 e. The van der Waals surface area contributed by atoms with Crippen LogP contribution in [0.4, 0.5) is 13.2 Å². The molecule has 2 nitrogen and oxygen atoms in total. The molecule has 2 N–H and O–H groups in total. The lowest BCUT2D eigenvalue weighted by Crippen LogP contribution is -2.43. The van der Waals surface area contributed by atoms with Gasteiger partial charge < -0.3 is 10.6 Å². The van der Waals surface area contributed by atoms with Gasteiger partial charge in [-0.3, -0.25) is 0 Å². The van der Waals surface area contributed by atoms with Gasteiger partial charge in [0.15, 0.2) is 0 Å². The third kappa shape index (κ3) is 2.66. The predicted molar refractivity (Wildman–Crippen MR) is 57.2 cm³/mol. The third-order valence-electron chi connectivity index (χ3n) is 2.43. The molecule has 1 heterocycles. The minimum atomic E-state index is -0.891. The van der Waals surface area contributed by atoms with E-state index in [1.165, 1.54) is 0 Å². The molecule has 1 aromatic rings. The van der Waals surface area contributed by atoms with Gasteiger partial charge in [0, 0.05) is 37.3 Å². The number of nitrogens with one attached hydrogen (secondary N) is 2. The Labute approximate surface area is 97.6 Å². The molecule has 0 saturated carbocycles. The first-order valence-corrected chi connectivity index (χ1v) is 4.77. The zero-order valence-electron chi connectivity index (χ0n) is 8.40. The second-order valence-corrected chi connectivity index (χ2v) is 3.49. The van der Waals surface area contributed by atoms with E-state index in [0.29, 0.717) is 25.2 Å². The van der Waals surface area contributed by atoms with E-state index >= 15 is 0 Å². The number of rotatable bonds is 1. The smallest absolute Gasteiger partial charge is 0.133 e. The maximum absolute atomic E-state index is 13.3. The monoisotopic (exact) mass is 252 g/mol. The van der Waals surface area contributed by atoms with Gasteiger partial charge >= 0.3 is 0 Å². The van der Waals surface area contributed by atoms with Crippen molar-refractivity contribution in [3.63, 3.8) is 0 Å². The number of hydrogen-bond donors (Lipinski definition) is 2. The predicted octanol–water partition coefficient (Wildman–Crippen LogP) is 1.76. The lowest BCUT2D eigenvalue weighted by atomic mass is 10.0. The molecule has 0 unspecified atom stereocenters. The molecule has 1 saturated heterocycles. The van der Waals surface area contributed by atoms with Gasteiger partial charge in [-0.1, -0.05) is 0 Å². The first kappa shape index (κ1) is 13.3. The normalized spacial score (nSPS) is 20.3. The molecule has 0 amide bonds. The standard InChI is InChI=1S/C10H11F3N2.ClH/c11-6-3-7(12)10(8(13)4-6)9-5-14-1-2-15-9;/h3-4,9,14-15H,1-2,5H2;1H/t9-;/m0./s1. The summed E-state index contributed by atoms with van der Waals surface area (Å²) in [4.78, 5) is 0. The molecule has 1 fully saturated rings. The number of benzene rings is 1. The Morgan fingerprint density at radius 1 is 1.06 bits per heavy atom. The van der Waals surface area contributed by atoms with Crippen LogP contribution in [0.5, 0.6) is 0 Å². The van der Waals surface area contributed by atoms with Gasteiger partial charge in [-0.2, -0.15) is 0 Å². The average Bonchev–Trinajstić information content (AvgIpc) is 2.17. The Hall–Kier alpha value is -0.780. The highest BCUT2D eigenvalue weighted by Crippen LogP contribution is 2.22. The molecule has 1 aromatic carbocycles. The third-order valence-corrected chi connectivity index (χ3v) is 2.43. The van der Waals surface area contributed by atoms with Gasteiger partial charge in [-0.05, 0) is 0 Å². The van der Waals surface area contributed by atoms with Gasteiger partial charge in [-0.25, -0.2) is 13.2 Å². The molecular formula is C10H12ClF3N2. The second kappa shape index (κ2) is 5.52. The summed E-state index contributed by atoms with van der Waals surface area (Å²) in [7, 11) is 0. The van der Waals surface area contributed by atoms with Crippen LogP contribution in [0.3, 0.4) is 0 Å². The zero-order chi connectivity index (χ0) is 10.8. The summed E-state index contributed by atoms with van der Waals surface area (Å²) in [6.07, 6.45) is 0. The quantitative estimate of drug-likeness (QED) is 0.796. The molecular weight excluding hydrogens is 241 g/mol. The Kier molecular flexibility index (Phi) is 4.58. The van der Waals surface area contributed by atoms with Gasteiger partial charge in [0.1, 0.15) is 17.5 Å². The van der Waals surface area contributed by atoms with Crippen LogP contribution in [0.1, 0.15) is 11.6 Å². The summed E-state index contributed by atoms with van der Waals surface area (Å²) >= 11 is 0. The molecule has 0 radical (unpaired) electrons. The van der Waals surface area contributed by atoms with E-state index in [4.69, 9.17) is 0 Å². The van der Waals surface area contributed by atoms with Crippen molar-refractivity contribution in [2.75, 3.05) is 19.6 Å². The molecule has 0 aromatic heterocycles. The van der Waals surface area contributed by atoms with Crippen molar-refractivity contribution < 1.29 is 13.2 Å². The van der Waals surface area contributed by atoms with E-state index in [1.54, 1.807) is 0 Å². The maximum atomic E-state index is 13.3. The fourth-order valence-corrected chi connectivity index (χ4v) is 1.74. The first-order chi connectivity index (χ1) is 7.18. The van der Waals surface area contributed by atoms with Gasteiger partial charge in [-0.15, -0.1) is 12.4 Å². The topological polar surface area (TPSA) is 24.1 Å². The molecule has 2 rings (SSSR count). The molecule has 1 atom stereocenters. The Morgan fingerprint density at radius 2 is 1.69 bits per heavy atom. The molecule has 0 spiro atoms. The van der Waals surface area contributed by atoms with E-state index < -0.39 is 23.5 Å². The van der Waals surface area contributed by atoms with E-state index in [9.17, 15) is 13.2 Å². The van der Waals surface area contributed by atoms with Crippen molar-refractivity contribution >= 4 is 12.4 Å². The van der Waals surface area contributed by atoms with Crippen LogP contribution in [0.25, 0.3) is 0 Å². The van der Waals surface area contributed by atoms with Crippen LogP contribution in [0.2, 0.25) is 0 Å². The molecule has 1 aliphatic heterocycles. The van der Waals surface area contributed by atoms with Crippen LogP contribution in [-0.4, -0.2) is 19.6 Å². The second-order valence-electron chi connectivity index (χ2n) is 3.49. The number of halogens is 4. The van der Waals surface area contributed by atoms with Crippen LogP contribution in [-0.2, 0) is 0 Å². The average molecular weight is 253 g/mol. The Balaban J connectivity index is 0.00000128. The summed E-state index contributed by atoms with van der Waals surface area (Å²) in [5, 5.41) is 5.98. The molecule has 6 heteroatoms. The van der Waals surface area contributed by atoms with Crippen molar-refractivity contribution in [2.24, 2.45) is 0 Å². The maximum Gasteiger partial charge on any atom is 0.133 e. The minimum absolute atomic E-state index is 0. The summed E-state index contributed by atoms with van der Waals surface area (Å²) in [5.41, 5.74) is -0.0939. The highest BCUT2D eigenvalue weighted by molar-refractivity contribution is 5.85. The van der Waals surface area contributed by atoms with E-state index in [-0.39, 0.29) is 18.0 Å². The fourth-order valence-electron chi connectivity index (χ4n) is 1.74. The summed E-state index contributed by atoms with van der Waals surface area (Å²) in [6, 6.07) is 0.975. The van der Waals surface area contributed by atoms with Crippen LogP contribution >= 0.6 is 12.4 Å². The SMILES string of the molecule is Cl.Fc1cc(F)c([C@@H]2CNCCN2)c(F)c1. The van der Waals surface area contributed by atoms with E-state index in [1.807, 2.05) is 0 Å². The van der Waals surface area contributed by atoms with Crippen molar-refractivity contribution in [3.8, 4) is 0 Å². The van der Waals surface area contributed by atoms with Gasteiger partial charge in [0.2, 0.25) is 0 Å². The van der Waals surface area contributed by atoms with Crippen LogP contribution in [0, 0.1) is 17.5 Å². The molecule has 16 heavy (non-hydrogen) atoms. The molecule has 90 valence electrons. The van der Waals surface area contributed by atoms with Crippen molar-refractivity contribution in [1.29, 1.82) is 0 Å². The fraction of sp³-hybridized carbons (Fsp3) is 0.400. The Bertz CT molecular complexity index is 344. The lowest BCUT2D eigenvalue weighted by Gasteiger charge is -2.25. The Morgan fingerprint density at radius 3 is 2.19 bits per heavy atom. The largest absolute Gasteiger partial charge is 0.314 e. The highest BCUT2D eigenvalue weighted by atomic mass is 35.5. The number of piperazine rings is 1. The van der Waals surface area contributed by atoms with Crippen molar-refractivity contribution in [2.45, 2.75) is 6.04 Å². The number of hydrogen-bond acceptors (Lipinski definition) is 2. The van der Waals surface area contributed by atoms with E-state index in [0.717, 1.165) is 6.54 Å². The molecule has 0 bridgehead atoms. The van der Waals surface area contributed by atoms with Gasteiger partial charge in [0.05, 0.1) is 6.04 Å². The van der Waals surface area contributed by atoms with E-state index in [2.05, 4.69) is 10.6 Å². The van der Waals surface area contributed by atoms with Crippen LogP contribution < -0.4 is 10.6 Å². The van der Waals surface area contributed by atoms with Crippen molar-refractivity contribution in [3.05, 3.63) is 35.1 Å². The van der Waals surface area contributed by atoms with Crippen molar-refractivity contribution in [1.82, 2.24) is 10.6 Å². The zero-order valence-corrected chi connectivity index (χ0v) is 9.21.